The molecule has 1 aliphatic heterocycles. The molecule has 112 valence electrons. The Morgan fingerprint density at radius 2 is 2.25 bits per heavy atom. The van der Waals surface area contributed by atoms with Gasteiger partial charge in [0.1, 0.15) is 0 Å². The first-order valence-corrected chi connectivity index (χ1v) is 6.74. The SMILES string of the molecule is CC(C)N(CCCC(=O)O)C(=O)N1CCOC(C#N)C1. The van der Waals surface area contributed by atoms with Crippen molar-refractivity contribution >= 4 is 12.0 Å². The average Bonchev–Trinajstić information content (AvgIpc) is 2.42. The van der Waals surface area contributed by atoms with E-state index >= 15 is 0 Å². The first-order chi connectivity index (χ1) is 9.45. The van der Waals surface area contributed by atoms with Gasteiger partial charge < -0.3 is 19.6 Å². The Hall–Kier alpha value is -1.81. The largest absolute Gasteiger partial charge is 0.481 e. The average molecular weight is 283 g/mol. The van der Waals surface area contributed by atoms with Gasteiger partial charge in [-0.2, -0.15) is 5.26 Å². The van der Waals surface area contributed by atoms with Gasteiger partial charge in [0.25, 0.3) is 0 Å². The third kappa shape index (κ3) is 4.70. The van der Waals surface area contributed by atoms with E-state index in [0.717, 1.165) is 0 Å². The molecule has 1 rings (SSSR count). The van der Waals surface area contributed by atoms with Crippen molar-refractivity contribution < 1.29 is 19.4 Å². The molecule has 0 spiro atoms. The van der Waals surface area contributed by atoms with Crippen molar-refractivity contribution in [2.24, 2.45) is 0 Å². The fourth-order valence-electron chi connectivity index (χ4n) is 2.06. The van der Waals surface area contributed by atoms with E-state index < -0.39 is 12.1 Å². The number of nitrogens with zero attached hydrogens (tertiary/aromatic N) is 3. The van der Waals surface area contributed by atoms with Crippen LogP contribution in [0.5, 0.6) is 0 Å². The molecule has 1 atom stereocenters. The molecule has 1 fully saturated rings. The zero-order chi connectivity index (χ0) is 15.1. The summed E-state index contributed by atoms with van der Waals surface area (Å²) in [6.45, 7) is 5.25. The number of carboxylic acid groups (broad SMARTS) is 1. The van der Waals surface area contributed by atoms with E-state index in [1.54, 1.807) is 9.80 Å². The van der Waals surface area contributed by atoms with Crippen LogP contribution in [-0.4, -0.2) is 65.3 Å². The van der Waals surface area contributed by atoms with Crippen LogP contribution in [0.25, 0.3) is 0 Å². The number of amides is 2. The molecule has 0 bridgehead atoms. The van der Waals surface area contributed by atoms with Crippen molar-refractivity contribution in [3.63, 3.8) is 0 Å². The number of carbonyl (C=O) groups is 2. The highest BCUT2D eigenvalue weighted by Gasteiger charge is 2.28. The molecule has 1 aliphatic rings. The van der Waals surface area contributed by atoms with Gasteiger partial charge in [-0.3, -0.25) is 4.79 Å². The highest BCUT2D eigenvalue weighted by Crippen LogP contribution is 2.11. The van der Waals surface area contributed by atoms with Crippen LogP contribution in [0.2, 0.25) is 0 Å². The molecule has 2 amide bonds. The number of ether oxygens (including phenoxy) is 1. The molecule has 1 N–H and O–H groups in total. The molecule has 0 aromatic heterocycles. The first-order valence-electron chi connectivity index (χ1n) is 6.74. The Labute approximate surface area is 118 Å². The summed E-state index contributed by atoms with van der Waals surface area (Å²) in [4.78, 5) is 26.2. The highest BCUT2D eigenvalue weighted by atomic mass is 16.5. The maximum absolute atomic E-state index is 12.4. The minimum absolute atomic E-state index is 0.0142. The van der Waals surface area contributed by atoms with Gasteiger partial charge >= 0.3 is 12.0 Å². The molecule has 0 radical (unpaired) electrons. The molecular weight excluding hydrogens is 262 g/mol. The van der Waals surface area contributed by atoms with E-state index in [1.165, 1.54) is 0 Å². The molecule has 0 aromatic rings. The summed E-state index contributed by atoms with van der Waals surface area (Å²) in [6.07, 6.45) is -0.119. The monoisotopic (exact) mass is 283 g/mol. The summed E-state index contributed by atoms with van der Waals surface area (Å²) in [5, 5.41) is 17.5. The Kier molecular flexibility index (Phi) is 6.25. The van der Waals surface area contributed by atoms with Crippen LogP contribution in [-0.2, 0) is 9.53 Å². The van der Waals surface area contributed by atoms with Crippen molar-refractivity contribution in [3.05, 3.63) is 0 Å². The van der Waals surface area contributed by atoms with Crippen molar-refractivity contribution in [1.82, 2.24) is 9.80 Å². The number of carboxylic acids is 1. The molecule has 7 heteroatoms. The van der Waals surface area contributed by atoms with Crippen molar-refractivity contribution in [1.29, 1.82) is 5.26 Å². The summed E-state index contributed by atoms with van der Waals surface area (Å²) < 4.78 is 5.21. The van der Waals surface area contributed by atoms with Gasteiger partial charge in [-0.05, 0) is 20.3 Å². The predicted molar refractivity (Wildman–Crippen MR) is 71.0 cm³/mol. The van der Waals surface area contributed by atoms with Crippen LogP contribution in [0.3, 0.4) is 0 Å². The Bertz CT molecular complexity index is 392. The van der Waals surface area contributed by atoms with Gasteiger partial charge in [0.15, 0.2) is 6.10 Å². The molecule has 1 unspecified atom stereocenters. The molecule has 1 heterocycles. The first kappa shape index (κ1) is 16.2. The van der Waals surface area contributed by atoms with Gasteiger partial charge in [0.05, 0.1) is 19.2 Å². The van der Waals surface area contributed by atoms with E-state index in [-0.39, 0.29) is 25.0 Å². The standard InChI is InChI=1S/C13H21N3O4/c1-10(2)16(5-3-4-12(17)18)13(19)15-6-7-20-11(8-14)9-15/h10-11H,3-7,9H2,1-2H3,(H,17,18). The van der Waals surface area contributed by atoms with Crippen LogP contribution in [0.1, 0.15) is 26.7 Å². The second-order valence-corrected chi connectivity index (χ2v) is 5.00. The quantitative estimate of drug-likeness (QED) is 0.809. The van der Waals surface area contributed by atoms with E-state index in [2.05, 4.69) is 0 Å². The minimum atomic E-state index is -0.864. The molecule has 0 saturated carbocycles. The maximum Gasteiger partial charge on any atom is 0.320 e. The fourth-order valence-corrected chi connectivity index (χ4v) is 2.06. The molecule has 20 heavy (non-hydrogen) atoms. The summed E-state index contributed by atoms with van der Waals surface area (Å²) in [7, 11) is 0. The van der Waals surface area contributed by atoms with Gasteiger partial charge in [0, 0.05) is 25.6 Å². The summed E-state index contributed by atoms with van der Waals surface area (Å²) in [5.74, 6) is -0.864. The lowest BCUT2D eigenvalue weighted by molar-refractivity contribution is -0.137. The second-order valence-electron chi connectivity index (χ2n) is 5.00. The van der Waals surface area contributed by atoms with Crippen LogP contribution >= 0.6 is 0 Å². The smallest absolute Gasteiger partial charge is 0.320 e. The number of aliphatic carboxylic acids is 1. The second kappa shape index (κ2) is 7.70. The minimum Gasteiger partial charge on any atom is -0.481 e. The van der Waals surface area contributed by atoms with Crippen molar-refractivity contribution in [2.45, 2.75) is 38.8 Å². The highest BCUT2D eigenvalue weighted by molar-refractivity contribution is 5.75. The third-order valence-corrected chi connectivity index (χ3v) is 3.14. The zero-order valence-corrected chi connectivity index (χ0v) is 11.9. The number of urea groups is 1. The third-order valence-electron chi connectivity index (χ3n) is 3.14. The van der Waals surface area contributed by atoms with Gasteiger partial charge in [-0.15, -0.1) is 0 Å². The summed E-state index contributed by atoms with van der Waals surface area (Å²) in [5.41, 5.74) is 0. The summed E-state index contributed by atoms with van der Waals surface area (Å²) in [6, 6.07) is 1.83. The molecular formula is C13H21N3O4. The van der Waals surface area contributed by atoms with E-state index in [1.807, 2.05) is 19.9 Å². The molecule has 0 aromatic carbocycles. The number of rotatable bonds is 5. The van der Waals surface area contributed by atoms with Crippen molar-refractivity contribution in [3.8, 4) is 6.07 Å². The normalized spacial score (nSPS) is 18.7. The lowest BCUT2D eigenvalue weighted by atomic mass is 10.2. The number of hydrogen-bond acceptors (Lipinski definition) is 4. The predicted octanol–water partition coefficient (Wildman–Crippen LogP) is 0.906. The molecule has 1 saturated heterocycles. The summed E-state index contributed by atoms with van der Waals surface area (Å²) >= 11 is 0. The number of morpholine rings is 1. The van der Waals surface area contributed by atoms with Crippen LogP contribution in [0.4, 0.5) is 4.79 Å². The number of carbonyl (C=O) groups excluding carboxylic acids is 1. The Morgan fingerprint density at radius 3 is 2.80 bits per heavy atom. The topological polar surface area (TPSA) is 93.9 Å². The van der Waals surface area contributed by atoms with Crippen LogP contribution in [0.15, 0.2) is 0 Å². The Balaban J connectivity index is 2.59. The van der Waals surface area contributed by atoms with Gasteiger partial charge in [-0.1, -0.05) is 0 Å². The zero-order valence-electron chi connectivity index (χ0n) is 11.9. The fraction of sp³-hybridized carbons (Fsp3) is 0.769. The Morgan fingerprint density at radius 1 is 1.55 bits per heavy atom. The lowest BCUT2D eigenvalue weighted by Crippen LogP contribution is -2.52. The molecule has 0 aliphatic carbocycles. The maximum atomic E-state index is 12.4. The van der Waals surface area contributed by atoms with E-state index in [0.29, 0.717) is 26.1 Å². The van der Waals surface area contributed by atoms with E-state index in [9.17, 15) is 9.59 Å². The van der Waals surface area contributed by atoms with Crippen LogP contribution in [0, 0.1) is 11.3 Å². The van der Waals surface area contributed by atoms with E-state index in [4.69, 9.17) is 15.1 Å². The van der Waals surface area contributed by atoms with Crippen LogP contribution < -0.4 is 0 Å². The van der Waals surface area contributed by atoms with Gasteiger partial charge in [-0.25, -0.2) is 4.79 Å². The van der Waals surface area contributed by atoms with Gasteiger partial charge in [0.2, 0.25) is 0 Å². The molecule has 7 nitrogen and oxygen atoms in total. The number of nitriles is 1. The number of hydrogen-bond donors (Lipinski definition) is 1. The van der Waals surface area contributed by atoms with Crippen molar-refractivity contribution in [2.75, 3.05) is 26.2 Å². The lowest BCUT2D eigenvalue weighted by Gasteiger charge is -2.36.